The minimum Gasteiger partial charge on any atom is -0.421 e. The van der Waals surface area contributed by atoms with Gasteiger partial charge in [0.2, 0.25) is 23.6 Å². The molecular weight excluding hydrogens is 308 g/mol. The molecule has 7 nitrogen and oxygen atoms in total. The molecule has 2 N–H and O–H groups in total. The summed E-state index contributed by atoms with van der Waals surface area (Å²) in [7, 11) is 0. The maximum atomic E-state index is 12.2. The van der Waals surface area contributed by atoms with Crippen molar-refractivity contribution in [1.82, 2.24) is 15.1 Å². The highest BCUT2D eigenvalue weighted by molar-refractivity contribution is 5.81. The van der Waals surface area contributed by atoms with Gasteiger partial charge in [-0.25, -0.2) is 0 Å². The summed E-state index contributed by atoms with van der Waals surface area (Å²) in [6.45, 7) is 2.99. The summed E-state index contributed by atoms with van der Waals surface area (Å²) in [6.07, 6.45) is 1.30. The van der Waals surface area contributed by atoms with E-state index in [-0.39, 0.29) is 24.2 Å². The monoisotopic (exact) mass is 328 g/mol. The van der Waals surface area contributed by atoms with E-state index >= 15 is 0 Å². The molecule has 0 unspecified atom stereocenters. The number of aromatic nitrogens is 2. The Morgan fingerprint density at radius 3 is 2.71 bits per heavy atom. The van der Waals surface area contributed by atoms with Crippen molar-refractivity contribution in [1.29, 1.82) is 0 Å². The summed E-state index contributed by atoms with van der Waals surface area (Å²) in [5.74, 6) is 0.293. The van der Waals surface area contributed by atoms with Crippen molar-refractivity contribution in [2.45, 2.75) is 26.2 Å². The quantitative estimate of drug-likeness (QED) is 0.891. The molecule has 0 spiro atoms. The van der Waals surface area contributed by atoms with Crippen LogP contribution in [0, 0.1) is 12.8 Å². The van der Waals surface area contributed by atoms with Crippen LogP contribution in [0.15, 0.2) is 28.7 Å². The van der Waals surface area contributed by atoms with Gasteiger partial charge in [-0.2, -0.15) is 0 Å². The van der Waals surface area contributed by atoms with Crippen LogP contribution in [-0.2, 0) is 16.0 Å². The zero-order valence-corrected chi connectivity index (χ0v) is 13.6. The Labute approximate surface area is 139 Å². The van der Waals surface area contributed by atoms with Crippen molar-refractivity contribution in [3.05, 3.63) is 35.7 Å². The lowest BCUT2D eigenvalue weighted by atomic mass is 10.1. The van der Waals surface area contributed by atoms with Crippen LogP contribution in [0.25, 0.3) is 11.5 Å². The van der Waals surface area contributed by atoms with Gasteiger partial charge in [0, 0.05) is 31.5 Å². The van der Waals surface area contributed by atoms with Crippen LogP contribution in [0.1, 0.15) is 24.3 Å². The van der Waals surface area contributed by atoms with Gasteiger partial charge < -0.3 is 15.1 Å². The van der Waals surface area contributed by atoms with Crippen molar-refractivity contribution in [2.24, 2.45) is 11.7 Å². The highest BCUT2D eigenvalue weighted by Gasteiger charge is 2.29. The Kier molecular flexibility index (Phi) is 4.59. The molecule has 0 saturated carbocycles. The molecule has 24 heavy (non-hydrogen) atoms. The number of carbonyl (C=O) groups excluding carboxylic acids is 2. The molecule has 0 radical (unpaired) electrons. The molecule has 1 fully saturated rings. The molecule has 2 amide bonds. The molecule has 7 heteroatoms. The molecule has 1 aromatic carbocycles. The number of nitrogens with two attached hydrogens (primary N) is 1. The predicted molar refractivity (Wildman–Crippen MR) is 86.7 cm³/mol. The van der Waals surface area contributed by atoms with Crippen molar-refractivity contribution in [3.8, 4) is 11.5 Å². The number of aryl methyl sites for hydroxylation is 2. The molecule has 1 saturated heterocycles. The lowest BCUT2D eigenvalue weighted by molar-refractivity contribution is -0.130. The first kappa shape index (κ1) is 16.2. The fraction of sp³-hybridized carbons (Fsp3) is 0.412. The van der Waals surface area contributed by atoms with Gasteiger partial charge in [-0.1, -0.05) is 17.7 Å². The molecule has 1 aliphatic rings. The average molecular weight is 328 g/mol. The Morgan fingerprint density at radius 2 is 2.04 bits per heavy atom. The van der Waals surface area contributed by atoms with Gasteiger partial charge in [-0.3, -0.25) is 9.59 Å². The Morgan fingerprint density at radius 1 is 1.29 bits per heavy atom. The maximum Gasteiger partial charge on any atom is 0.247 e. The van der Waals surface area contributed by atoms with Gasteiger partial charge in [0.05, 0.1) is 5.92 Å². The zero-order chi connectivity index (χ0) is 17.1. The third-order valence-corrected chi connectivity index (χ3v) is 4.26. The summed E-state index contributed by atoms with van der Waals surface area (Å²) < 4.78 is 5.61. The third-order valence-electron chi connectivity index (χ3n) is 4.26. The summed E-state index contributed by atoms with van der Waals surface area (Å²) >= 11 is 0. The number of carbonyl (C=O) groups is 2. The van der Waals surface area contributed by atoms with E-state index in [1.807, 2.05) is 31.2 Å². The molecule has 126 valence electrons. The molecule has 0 bridgehead atoms. The highest BCUT2D eigenvalue weighted by atomic mass is 16.4. The maximum absolute atomic E-state index is 12.2. The lowest BCUT2D eigenvalue weighted by Crippen LogP contribution is -2.31. The first-order valence-corrected chi connectivity index (χ1v) is 7.99. The Hall–Kier alpha value is -2.70. The second-order valence-electron chi connectivity index (χ2n) is 6.09. The van der Waals surface area contributed by atoms with Crippen LogP contribution in [0.2, 0.25) is 0 Å². The number of primary amides is 1. The standard InChI is InChI=1S/C17H20N4O3/c1-11-2-4-12(5-3-11)17-20-19-14(24-17)6-7-15(22)21-9-8-13(10-21)16(18)23/h2-5,13H,6-10H2,1H3,(H2,18,23)/t13-/m0/s1. The number of hydrogen-bond donors (Lipinski definition) is 1. The van der Waals surface area contributed by atoms with E-state index in [2.05, 4.69) is 10.2 Å². The van der Waals surface area contributed by atoms with Gasteiger partial charge in [0.15, 0.2) is 0 Å². The van der Waals surface area contributed by atoms with E-state index < -0.39 is 0 Å². The first-order valence-electron chi connectivity index (χ1n) is 7.99. The van der Waals surface area contributed by atoms with E-state index in [9.17, 15) is 9.59 Å². The smallest absolute Gasteiger partial charge is 0.247 e. The molecule has 1 atom stereocenters. The number of nitrogens with zero attached hydrogens (tertiary/aromatic N) is 3. The minimum atomic E-state index is -0.343. The fourth-order valence-corrected chi connectivity index (χ4v) is 2.76. The van der Waals surface area contributed by atoms with Gasteiger partial charge in [-0.05, 0) is 25.5 Å². The molecular formula is C17H20N4O3. The number of amides is 2. The number of hydrogen-bond acceptors (Lipinski definition) is 5. The van der Waals surface area contributed by atoms with E-state index in [0.717, 1.165) is 11.1 Å². The first-order chi connectivity index (χ1) is 11.5. The highest BCUT2D eigenvalue weighted by Crippen LogP contribution is 2.20. The van der Waals surface area contributed by atoms with Crippen molar-refractivity contribution < 1.29 is 14.0 Å². The van der Waals surface area contributed by atoms with E-state index in [4.69, 9.17) is 10.2 Å². The summed E-state index contributed by atoms with van der Waals surface area (Å²) in [5, 5.41) is 8.02. The third kappa shape index (κ3) is 3.61. The number of rotatable bonds is 5. The second-order valence-corrected chi connectivity index (χ2v) is 6.09. The summed E-state index contributed by atoms with van der Waals surface area (Å²) in [4.78, 5) is 25.0. The van der Waals surface area contributed by atoms with Crippen molar-refractivity contribution >= 4 is 11.8 Å². The molecule has 1 aromatic heterocycles. The summed E-state index contributed by atoms with van der Waals surface area (Å²) in [5.41, 5.74) is 7.29. The Bertz CT molecular complexity index is 739. The number of likely N-dealkylation sites (tertiary alicyclic amines) is 1. The van der Waals surface area contributed by atoms with Crippen LogP contribution >= 0.6 is 0 Å². The topological polar surface area (TPSA) is 102 Å². The molecule has 2 aromatic rings. The van der Waals surface area contributed by atoms with Gasteiger partial charge in [-0.15, -0.1) is 10.2 Å². The van der Waals surface area contributed by atoms with Crippen LogP contribution in [0.5, 0.6) is 0 Å². The molecule has 0 aliphatic carbocycles. The molecule has 3 rings (SSSR count). The Balaban J connectivity index is 1.55. The van der Waals surface area contributed by atoms with E-state index in [1.54, 1.807) is 4.90 Å². The van der Waals surface area contributed by atoms with Gasteiger partial charge in [0.1, 0.15) is 0 Å². The van der Waals surface area contributed by atoms with Crippen molar-refractivity contribution in [3.63, 3.8) is 0 Å². The normalized spacial score (nSPS) is 17.2. The van der Waals surface area contributed by atoms with Crippen LogP contribution in [0.4, 0.5) is 0 Å². The lowest BCUT2D eigenvalue weighted by Gasteiger charge is -2.15. The number of benzene rings is 1. The minimum absolute atomic E-state index is 0.0196. The second kappa shape index (κ2) is 6.82. The summed E-state index contributed by atoms with van der Waals surface area (Å²) in [6, 6.07) is 7.80. The zero-order valence-electron chi connectivity index (χ0n) is 13.6. The average Bonchev–Trinajstić information content (AvgIpc) is 3.23. The van der Waals surface area contributed by atoms with Gasteiger partial charge in [0.25, 0.3) is 0 Å². The molecule has 2 heterocycles. The van der Waals surface area contributed by atoms with Crippen LogP contribution < -0.4 is 5.73 Å². The van der Waals surface area contributed by atoms with Crippen LogP contribution in [0.3, 0.4) is 0 Å². The fourth-order valence-electron chi connectivity index (χ4n) is 2.76. The van der Waals surface area contributed by atoms with E-state index in [0.29, 0.717) is 37.7 Å². The predicted octanol–water partition coefficient (Wildman–Crippen LogP) is 1.31. The van der Waals surface area contributed by atoms with E-state index in [1.165, 1.54) is 0 Å². The SMILES string of the molecule is Cc1ccc(-c2nnc(CCC(=O)N3CC[C@H](C(N)=O)C3)o2)cc1. The molecule has 1 aliphatic heterocycles. The van der Waals surface area contributed by atoms with Crippen LogP contribution in [-0.4, -0.2) is 40.0 Å². The van der Waals surface area contributed by atoms with Crippen molar-refractivity contribution in [2.75, 3.05) is 13.1 Å². The largest absolute Gasteiger partial charge is 0.421 e. The van der Waals surface area contributed by atoms with Gasteiger partial charge >= 0.3 is 0 Å².